The fourth-order valence-electron chi connectivity index (χ4n) is 1.80. The minimum Gasteiger partial charge on any atom is -0.508 e. The van der Waals surface area contributed by atoms with E-state index in [9.17, 15) is 4.79 Å². The van der Waals surface area contributed by atoms with Crippen molar-refractivity contribution in [1.29, 1.82) is 0 Å². The molecule has 0 saturated carbocycles. The summed E-state index contributed by atoms with van der Waals surface area (Å²) in [4.78, 5) is 11.5. The first-order chi connectivity index (χ1) is 6.77. The Labute approximate surface area is 82.8 Å². The van der Waals surface area contributed by atoms with Gasteiger partial charge < -0.3 is 10.4 Å². The Bertz CT molecular complexity index is 332. The highest BCUT2D eigenvalue weighted by molar-refractivity contribution is 5.84. The molecule has 1 atom stereocenters. The quantitative estimate of drug-likeness (QED) is 0.704. The van der Waals surface area contributed by atoms with Crippen LogP contribution < -0.4 is 5.32 Å². The predicted molar refractivity (Wildman–Crippen MR) is 53.1 cm³/mol. The van der Waals surface area contributed by atoms with Crippen molar-refractivity contribution in [3.8, 4) is 5.75 Å². The molecule has 1 aliphatic rings. The molecule has 1 unspecified atom stereocenters. The maximum Gasteiger partial charge on any atom is 0.227 e. The molecule has 1 amide bonds. The molecule has 1 fully saturated rings. The number of hydrogen-bond donors (Lipinski definition) is 2. The summed E-state index contributed by atoms with van der Waals surface area (Å²) in [6, 6.07) is 6.87. The molecule has 0 bridgehead atoms. The van der Waals surface area contributed by atoms with Gasteiger partial charge in [-0.3, -0.25) is 4.79 Å². The first-order valence-corrected chi connectivity index (χ1v) is 4.84. The number of phenols is 1. The number of hydrogen-bond acceptors (Lipinski definition) is 2. The van der Waals surface area contributed by atoms with E-state index in [0.717, 1.165) is 24.9 Å². The van der Waals surface area contributed by atoms with Crippen molar-refractivity contribution in [1.82, 2.24) is 5.32 Å². The Hall–Kier alpha value is -1.51. The molecule has 3 heteroatoms. The van der Waals surface area contributed by atoms with E-state index in [1.165, 1.54) is 0 Å². The zero-order chi connectivity index (χ0) is 9.97. The van der Waals surface area contributed by atoms with Crippen LogP contribution in [0.1, 0.15) is 24.3 Å². The van der Waals surface area contributed by atoms with Crippen molar-refractivity contribution < 1.29 is 9.90 Å². The van der Waals surface area contributed by atoms with Gasteiger partial charge in [0.15, 0.2) is 0 Å². The maximum absolute atomic E-state index is 11.5. The molecule has 1 aliphatic heterocycles. The zero-order valence-electron chi connectivity index (χ0n) is 7.86. The zero-order valence-corrected chi connectivity index (χ0v) is 7.86. The highest BCUT2D eigenvalue weighted by Crippen LogP contribution is 2.25. The Morgan fingerprint density at radius 3 is 2.64 bits per heavy atom. The van der Waals surface area contributed by atoms with Gasteiger partial charge in [-0.05, 0) is 30.5 Å². The highest BCUT2D eigenvalue weighted by atomic mass is 16.3. The van der Waals surface area contributed by atoms with E-state index in [2.05, 4.69) is 5.32 Å². The minimum absolute atomic E-state index is 0.0376. The molecule has 0 spiro atoms. The normalized spacial score (nSPS) is 21.7. The van der Waals surface area contributed by atoms with Crippen LogP contribution in [0.2, 0.25) is 0 Å². The van der Waals surface area contributed by atoms with Crippen molar-refractivity contribution in [2.75, 3.05) is 6.54 Å². The second kappa shape index (κ2) is 3.70. The molecule has 0 aromatic heterocycles. The summed E-state index contributed by atoms with van der Waals surface area (Å²) in [5.74, 6) is 0.302. The summed E-state index contributed by atoms with van der Waals surface area (Å²) in [6.45, 7) is 0.785. The standard InChI is InChI=1S/C11H13NO2/c13-9-5-3-8(4-6-9)10-2-1-7-12-11(10)14/h3-6,10,13H,1-2,7H2,(H,12,14). The lowest BCUT2D eigenvalue weighted by atomic mass is 9.91. The molecular weight excluding hydrogens is 178 g/mol. The lowest BCUT2D eigenvalue weighted by Gasteiger charge is -2.21. The van der Waals surface area contributed by atoms with Gasteiger partial charge in [-0.1, -0.05) is 12.1 Å². The molecule has 1 heterocycles. The maximum atomic E-state index is 11.5. The van der Waals surface area contributed by atoms with Gasteiger partial charge in [0.05, 0.1) is 5.92 Å². The van der Waals surface area contributed by atoms with Crippen molar-refractivity contribution in [3.63, 3.8) is 0 Å². The Kier molecular flexibility index (Phi) is 2.39. The number of nitrogens with one attached hydrogen (secondary N) is 1. The molecular formula is C11H13NO2. The molecule has 14 heavy (non-hydrogen) atoms. The Morgan fingerprint density at radius 2 is 2.00 bits per heavy atom. The molecule has 1 aromatic carbocycles. The summed E-state index contributed by atoms with van der Waals surface area (Å²) in [7, 11) is 0. The van der Waals surface area contributed by atoms with Gasteiger partial charge in [0.1, 0.15) is 5.75 Å². The lowest BCUT2D eigenvalue weighted by molar-refractivity contribution is -0.123. The predicted octanol–water partition coefficient (Wildman–Crippen LogP) is 1.39. The molecule has 2 rings (SSSR count). The van der Waals surface area contributed by atoms with Crippen molar-refractivity contribution in [3.05, 3.63) is 29.8 Å². The van der Waals surface area contributed by atoms with Gasteiger partial charge in [0.2, 0.25) is 5.91 Å². The van der Waals surface area contributed by atoms with Crippen molar-refractivity contribution in [2.24, 2.45) is 0 Å². The van der Waals surface area contributed by atoms with Crippen LogP contribution in [0.15, 0.2) is 24.3 Å². The Balaban J connectivity index is 2.20. The molecule has 0 aliphatic carbocycles. The highest BCUT2D eigenvalue weighted by Gasteiger charge is 2.23. The first-order valence-electron chi connectivity index (χ1n) is 4.84. The van der Waals surface area contributed by atoms with Crippen LogP contribution in [0.3, 0.4) is 0 Å². The number of phenolic OH excluding ortho intramolecular Hbond substituents is 1. The molecule has 74 valence electrons. The third kappa shape index (κ3) is 1.71. The number of piperidine rings is 1. The third-order valence-corrected chi connectivity index (χ3v) is 2.58. The fourth-order valence-corrected chi connectivity index (χ4v) is 1.80. The summed E-state index contributed by atoms with van der Waals surface area (Å²) in [5, 5.41) is 12.0. The van der Waals surface area contributed by atoms with Crippen molar-refractivity contribution >= 4 is 5.91 Å². The third-order valence-electron chi connectivity index (χ3n) is 2.58. The molecule has 1 saturated heterocycles. The summed E-state index contributed by atoms with van der Waals surface area (Å²) in [5.41, 5.74) is 0.986. The number of carbonyl (C=O) groups is 1. The first kappa shape index (κ1) is 9.06. The smallest absolute Gasteiger partial charge is 0.227 e. The number of amides is 1. The summed E-state index contributed by atoms with van der Waals surface area (Å²) in [6.07, 6.45) is 1.92. The Morgan fingerprint density at radius 1 is 1.29 bits per heavy atom. The van der Waals surface area contributed by atoms with Crippen LogP contribution in [0, 0.1) is 0 Å². The van der Waals surface area contributed by atoms with Gasteiger partial charge in [0, 0.05) is 6.54 Å². The summed E-state index contributed by atoms with van der Waals surface area (Å²) >= 11 is 0. The summed E-state index contributed by atoms with van der Waals surface area (Å²) < 4.78 is 0. The number of rotatable bonds is 1. The average Bonchev–Trinajstić information content (AvgIpc) is 2.20. The van der Waals surface area contributed by atoms with E-state index in [0.29, 0.717) is 0 Å². The second-order valence-electron chi connectivity index (χ2n) is 3.58. The largest absolute Gasteiger partial charge is 0.508 e. The average molecular weight is 191 g/mol. The van der Waals surface area contributed by atoms with Crippen LogP contribution in [0.4, 0.5) is 0 Å². The van der Waals surface area contributed by atoms with Gasteiger partial charge in [0.25, 0.3) is 0 Å². The number of aromatic hydroxyl groups is 1. The van der Waals surface area contributed by atoms with Crippen molar-refractivity contribution in [2.45, 2.75) is 18.8 Å². The fraction of sp³-hybridized carbons (Fsp3) is 0.364. The van der Waals surface area contributed by atoms with E-state index < -0.39 is 0 Å². The van der Waals surface area contributed by atoms with Gasteiger partial charge in [-0.25, -0.2) is 0 Å². The van der Waals surface area contributed by atoms with Gasteiger partial charge >= 0.3 is 0 Å². The van der Waals surface area contributed by atoms with E-state index in [1.807, 2.05) is 12.1 Å². The minimum atomic E-state index is -0.0376. The van der Waals surface area contributed by atoms with Crippen LogP contribution in [0.5, 0.6) is 5.75 Å². The van der Waals surface area contributed by atoms with E-state index in [4.69, 9.17) is 5.11 Å². The van der Waals surface area contributed by atoms with E-state index >= 15 is 0 Å². The molecule has 1 aromatic rings. The number of benzene rings is 1. The topological polar surface area (TPSA) is 49.3 Å². The van der Waals surface area contributed by atoms with Gasteiger partial charge in [-0.15, -0.1) is 0 Å². The van der Waals surface area contributed by atoms with Gasteiger partial charge in [-0.2, -0.15) is 0 Å². The number of carbonyl (C=O) groups excluding carboxylic acids is 1. The second-order valence-corrected chi connectivity index (χ2v) is 3.58. The van der Waals surface area contributed by atoms with E-state index in [1.54, 1.807) is 12.1 Å². The molecule has 2 N–H and O–H groups in total. The van der Waals surface area contributed by atoms with E-state index in [-0.39, 0.29) is 17.6 Å². The van der Waals surface area contributed by atoms with Crippen LogP contribution >= 0.6 is 0 Å². The monoisotopic (exact) mass is 191 g/mol. The van der Waals surface area contributed by atoms with Crippen LogP contribution in [0.25, 0.3) is 0 Å². The lowest BCUT2D eigenvalue weighted by Crippen LogP contribution is -2.34. The molecule has 0 radical (unpaired) electrons. The van der Waals surface area contributed by atoms with Crippen LogP contribution in [-0.2, 0) is 4.79 Å². The SMILES string of the molecule is O=C1NCCCC1c1ccc(O)cc1. The van der Waals surface area contributed by atoms with Crippen LogP contribution in [-0.4, -0.2) is 17.6 Å². The molecule has 3 nitrogen and oxygen atoms in total.